The molecule has 0 aliphatic heterocycles. The first-order valence-corrected chi connectivity index (χ1v) is 6.74. The third kappa shape index (κ3) is 2.46. The zero-order valence-electron chi connectivity index (χ0n) is 9.88. The van der Waals surface area contributed by atoms with E-state index in [1.54, 1.807) is 0 Å². The molecular weight excluding hydrogens is 353 g/mol. The lowest BCUT2D eigenvalue weighted by molar-refractivity contribution is 0.465. The highest BCUT2D eigenvalue weighted by Gasteiger charge is 2.08. The molecule has 0 unspecified atom stereocenters. The molecule has 19 heavy (non-hydrogen) atoms. The van der Waals surface area contributed by atoms with Gasteiger partial charge in [0.15, 0.2) is 0 Å². The Balaban J connectivity index is 2.10. The molecule has 1 aromatic heterocycles. The van der Waals surface area contributed by atoms with Crippen molar-refractivity contribution in [3.63, 3.8) is 0 Å². The first kappa shape index (κ1) is 12.2. The minimum atomic E-state index is 0.515. The number of ether oxygens (including phenoxy) is 1. The summed E-state index contributed by atoms with van der Waals surface area (Å²) >= 11 is 2.22. The molecule has 0 saturated carbocycles. The van der Waals surface area contributed by atoms with Gasteiger partial charge < -0.3 is 10.5 Å². The Kier molecular flexibility index (Phi) is 3.20. The van der Waals surface area contributed by atoms with Crippen LogP contribution in [0.25, 0.3) is 10.9 Å². The molecule has 0 amide bonds. The van der Waals surface area contributed by atoms with Crippen LogP contribution in [0.15, 0.2) is 48.8 Å². The lowest BCUT2D eigenvalue weighted by Crippen LogP contribution is -1.94. The molecule has 0 aliphatic rings. The van der Waals surface area contributed by atoms with Crippen LogP contribution in [0.1, 0.15) is 0 Å². The average Bonchev–Trinajstić information content (AvgIpc) is 2.42. The Morgan fingerprint density at radius 1 is 1.05 bits per heavy atom. The number of halogens is 1. The van der Waals surface area contributed by atoms with Crippen molar-refractivity contribution < 1.29 is 4.74 Å². The van der Waals surface area contributed by atoms with Crippen LogP contribution in [-0.2, 0) is 0 Å². The van der Waals surface area contributed by atoms with Crippen LogP contribution in [0.3, 0.4) is 0 Å². The maximum Gasteiger partial charge on any atom is 0.230 e. The van der Waals surface area contributed by atoms with E-state index in [4.69, 9.17) is 10.5 Å². The Morgan fingerprint density at radius 3 is 2.74 bits per heavy atom. The van der Waals surface area contributed by atoms with E-state index in [-0.39, 0.29) is 0 Å². The number of fused-ring (bicyclic) bond motifs is 1. The second-order valence-electron chi connectivity index (χ2n) is 3.99. The van der Waals surface area contributed by atoms with Crippen LogP contribution in [0, 0.1) is 3.57 Å². The molecule has 94 valence electrons. The number of rotatable bonds is 2. The molecule has 0 atom stereocenters. The van der Waals surface area contributed by atoms with Gasteiger partial charge in [0.05, 0.1) is 14.5 Å². The highest BCUT2D eigenvalue weighted by Crippen LogP contribution is 2.30. The van der Waals surface area contributed by atoms with Crippen molar-refractivity contribution in [3.8, 4) is 11.6 Å². The number of nitrogens with two attached hydrogens (primary N) is 1. The zero-order chi connectivity index (χ0) is 13.2. The fourth-order valence-corrected chi connectivity index (χ4v) is 2.26. The van der Waals surface area contributed by atoms with Gasteiger partial charge >= 0.3 is 0 Å². The molecule has 3 aromatic rings. The maximum atomic E-state index is 5.86. The van der Waals surface area contributed by atoms with E-state index < -0.39 is 0 Å². The van der Waals surface area contributed by atoms with E-state index in [1.807, 2.05) is 42.5 Å². The first-order chi connectivity index (χ1) is 9.24. The van der Waals surface area contributed by atoms with Gasteiger partial charge in [0.25, 0.3) is 0 Å². The third-order valence-corrected chi connectivity index (χ3v) is 3.56. The number of benzene rings is 2. The lowest BCUT2D eigenvalue weighted by atomic mass is 10.2. The molecule has 0 bridgehead atoms. The van der Waals surface area contributed by atoms with Gasteiger partial charge in [0.2, 0.25) is 5.88 Å². The monoisotopic (exact) mass is 363 g/mol. The van der Waals surface area contributed by atoms with Crippen molar-refractivity contribution in [2.75, 3.05) is 5.73 Å². The molecular formula is C14H10IN3O. The summed E-state index contributed by atoms with van der Waals surface area (Å²) in [6.45, 7) is 0. The number of para-hydroxylation sites is 1. The van der Waals surface area contributed by atoms with Crippen LogP contribution in [-0.4, -0.2) is 9.97 Å². The maximum absolute atomic E-state index is 5.86. The number of anilines is 1. The van der Waals surface area contributed by atoms with Crippen LogP contribution in [0.4, 0.5) is 5.69 Å². The topological polar surface area (TPSA) is 61.0 Å². The van der Waals surface area contributed by atoms with Crippen molar-refractivity contribution >= 4 is 39.2 Å². The molecule has 1 heterocycles. The Hall–Kier alpha value is -1.89. The summed E-state index contributed by atoms with van der Waals surface area (Å²) in [5.41, 5.74) is 7.28. The van der Waals surface area contributed by atoms with E-state index in [9.17, 15) is 0 Å². The average molecular weight is 363 g/mol. The summed E-state index contributed by atoms with van der Waals surface area (Å²) in [5, 5.41) is 0.808. The fourth-order valence-electron chi connectivity index (χ4n) is 1.76. The van der Waals surface area contributed by atoms with E-state index >= 15 is 0 Å². The predicted molar refractivity (Wildman–Crippen MR) is 83.2 cm³/mol. The van der Waals surface area contributed by atoms with Gasteiger partial charge in [-0.2, -0.15) is 0 Å². The summed E-state index contributed by atoms with van der Waals surface area (Å²) in [6, 6.07) is 13.3. The molecule has 3 rings (SSSR count). The number of nitrogen functional groups attached to an aromatic ring is 1. The van der Waals surface area contributed by atoms with E-state index in [0.29, 0.717) is 11.6 Å². The highest BCUT2D eigenvalue weighted by molar-refractivity contribution is 14.1. The number of hydrogen-bond donors (Lipinski definition) is 1. The second-order valence-corrected chi connectivity index (χ2v) is 5.15. The van der Waals surface area contributed by atoms with Crippen molar-refractivity contribution in [1.82, 2.24) is 9.97 Å². The van der Waals surface area contributed by atoms with Crippen molar-refractivity contribution in [3.05, 3.63) is 52.4 Å². The number of hydrogen-bond acceptors (Lipinski definition) is 4. The van der Waals surface area contributed by atoms with Gasteiger partial charge in [0, 0.05) is 5.69 Å². The van der Waals surface area contributed by atoms with Gasteiger partial charge in [-0.3, -0.25) is 0 Å². The van der Waals surface area contributed by atoms with E-state index in [1.165, 1.54) is 6.33 Å². The van der Waals surface area contributed by atoms with E-state index in [0.717, 1.165) is 20.2 Å². The SMILES string of the molecule is Nc1ccc2ncnc(Oc3ccccc3I)c2c1. The standard InChI is InChI=1S/C14H10IN3O/c15-11-3-1-2-4-13(11)19-14-10-7-9(16)5-6-12(10)17-8-18-14/h1-8H,16H2. The fraction of sp³-hybridized carbons (Fsp3) is 0. The largest absolute Gasteiger partial charge is 0.437 e. The minimum absolute atomic E-state index is 0.515. The number of aromatic nitrogens is 2. The summed E-state index contributed by atoms with van der Waals surface area (Å²) in [7, 11) is 0. The highest BCUT2D eigenvalue weighted by atomic mass is 127. The smallest absolute Gasteiger partial charge is 0.230 e. The van der Waals surface area contributed by atoms with Crippen LogP contribution in [0.5, 0.6) is 11.6 Å². The van der Waals surface area contributed by atoms with Crippen molar-refractivity contribution in [2.45, 2.75) is 0 Å². The van der Waals surface area contributed by atoms with Gasteiger partial charge in [-0.25, -0.2) is 9.97 Å². The normalized spacial score (nSPS) is 10.6. The third-order valence-electron chi connectivity index (χ3n) is 2.67. The summed E-state index contributed by atoms with van der Waals surface area (Å²) in [4.78, 5) is 8.39. The van der Waals surface area contributed by atoms with Crippen molar-refractivity contribution in [2.24, 2.45) is 0 Å². The minimum Gasteiger partial charge on any atom is -0.437 e. The van der Waals surface area contributed by atoms with Gasteiger partial charge in [-0.15, -0.1) is 0 Å². The molecule has 0 saturated heterocycles. The van der Waals surface area contributed by atoms with Gasteiger partial charge in [0.1, 0.15) is 12.1 Å². The molecule has 2 aromatic carbocycles. The van der Waals surface area contributed by atoms with Gasteiger partial charge in [-0.1, -0.05) is 12.1 Å². The molecule has 0 aliphatic carbocycles. The quantitative estimate of drug-likeness (QED) is 0.558. The molecule has 0 fully saturated rings. The summed E-state index contributed by atoms with van der Waals surface area (Å²) < 4.78 is 6.89. The number of nitrogens with zero attached hydrogens (tertiary/aromatic N) is 2. The second kappa shape index (κ2) is 5.00. The molecule has 5 heteroatoms. The molecule has 2 N–H and O–H groups in total. The predicted octanol–water partition coefficient (Wildman–Crippen LogP) is 3.61. The van der Waals surface area contributed by atoms with Gasteiger partial charge in [-0.05, 0) is 52.9 Å². The Morgan fingerprint density at radius 2 is 1.89 bits per heavy atom. The zero-order valence-corrected chi connectivity index (χ0v) is 12.0. The molecule has 4 nitrogen and oxygen atoms in total. The molecule has 0 radical (unpaired) electrons. The lowest BCUT2D eigenvalue weighted by Gasteiger charge is -2.09. The van der Waals surface area contributed by atoms with Crippen LogP contribution < -0.4 is 10.5 Å². The summed E-state index contributed by atoms with van der Waals surface area (Å²) in [5.74, 6) is 1.28. The Labute approximate surface area is 123 Å². The van der Waals surface area contributed by atoms with E-state index in [2.05, 4.69) is 32.6 Å². The van der Waals surface area contributed by atoms with Crippen LogP contribution in [0.2, 0.25) is 0 Å². The van der Waals surface area contributed by atoms with Crippen molar-refractivity contribution in [1.29, 1.82) is 0 Å². The first-order valence-electron chi connectivity index (χ1n) is 5.66. The van der Waals surface area contributed by atoms with Crippen LogP contribution >= 0.6 is 22.6 Å². The molecule has 0 spiro atoms. The Bertz CT molecular complexity index is 746. The summed E-state index contributed by atoms with van der Waals surface area (Å²) in [6.07, 6.45) is 1.49.